The molecule has 0 aromatic heterocycles. The van der Waals surface area contributed by atoms with Crippen LogP contribution in [0.15, 0.2) is 71.1 Å². The molecule has 1 atom stereocenters. The van der Waals surface area contributed by atoms with Crippen molar-refractivity contribution in [3.05, 3.63) is 105 Å². The summed E-state index contributed by atoms with van der Waals surface area (Å²) in [5, 5.41) is 5.25. The SMILES string of the molecule is CC1C=CC=C[N-]1.CCC(CC)c1cccc(C(CC)CC)c1N1[CH-]N(c2c(C(CC)CC)cccc2C(CC)CC)C(Cl)=C1Cl.[Cl][Pd][Cl]. The summed E-state index contributed by atoms with van der Waals surface area (Å²) in [6, 6.07) is 14.1. The van der Waals surface area contributed by atoms with Crippen LogP contribution in [0.4, 0.5) is 11.4 Å². The predicted octanol–water partition coefficient (Wildman–Crippen LogP) is 15.6. The maximum absolute atomic E-state index is 7.23. The van der Waals surface area contributed by atoms with Crippen LogP contribution in [0.3, 0.4) is 0 Å². The van der Waals surface area contributed by atoms with Gasteiger partial charge < -0.3 is 15.1 Å². The van der Waals surface area contributed by atoms with E-state index in [-0.39, 0.29) is 15.9 Å². The van der Waals surface area contributed by atoms with Gasteiger partial charge in [-0.2, -0.15) is 6.20 Å². The molecule has 49 heavy (non-hydrogen) atoms. The van der Waals surface area contributed by atoms with Gasteiger partial charge in [0.25, 0.3) is 0 Å². The number of anilines is 2. The topological polar surface area (TPSA) is 20.6 Å². The second-order valence-electron chi connectivity index (χ2n) is 12.7. The zero-order chi connectivity index (χ0) is 36.5. The monoisotopic (exact) mass is 839 g/mol. The van der Waals surface area contributed by atoms with E-state index in [1.54, 1.807) is 0 Å². The first-order chi connectivity index (χ1) is 23.7. The summed E-state index contributed by atoms with van der Waals surface area (Å²) in [5.74, 6) is 1.88. The number of allylic oxidation sites excluding steroid dienone is 2. The van der Waals surface area contributed by atoms with E-state index in [4.69, 9.17) is 42.3 Å². The molecule has 0 saturated carbocycles. The Kier molecular flexibility index (Phi) is 21.1. The van der Waals surface area contributed by atoms with Crippen molar-refractivity contribution >= 4 is 53.6 Å². The second-order valence-corrected chi connectivity index (χ2v) is 15.8. The Labute approximate surface area is 326 Å². The van der Waals surface area contributed by atoms with Gasteiger partial charge in [-0.15, -0.1) is 12.7 Å². The number of halogens is 4. The summed E-state index contributed by atoms with van der Waals surface area (Å²) >= 11 is 14.4. The van der Waals surface area contributed by atoms with Crippen LogP contribution < -0.4 is 9.80 Å². The van der Waals surface area contributed by atoms with Crippen LogP contribution in [0.25, 0.3) is 5.32 Å². The number of para-hydroxylation sites is 2. The Morgan fingerprint density at radius 3 is 1.12 bits per heavy atom. The van der Waals surface area contributed by atoms with Crippen LogP contribution in [-0.2, 0) is 15.9 Å². The van der Waals surface area contributed by atoms with Crippen molar-refractivity contribution in [3.8, 4) is 0 Å². The van der Waals surface area contributed by atoms with Crippen molar-refractivity contribution in [3.63, 3.8) is 0 Å². The van der Waals surface area contributed by atoms with Gasteiger partial charge in [-0.1, -0.05) is 140 Å². The van der Waals surface area contributed by atoms with Crippen LogP contribution in [0, 0.1) is 6.67 Å². The molecule has 3 nitrogen and oxygen atoms in total. The van der Waals surface area contributed by atoms with Crippen LogP contribution in [0.1, 0.15) is 160 Å². The molecule has 8 heteroatoms. The third-order valence-electron chi connectivity index (χ3n) is 10.1. The van der Waals surface area contributed by atoms with E-state index < -0.39 is 0 Å². The van der Waals surface area contributed by atoms with E-state index in [1.165, 1.54) is 33.6 Å². The Hall–Kier alpha value is -1.12. The van der Waals surface area contributed by atoms with Gasteiger partial charge in [-0.25, -0.2) is 0 Å². The number of benzene rings is 2. The van der Waals surface area contributed by atoms with Crippen LogP contribution in [0.5, 0.6) is 0 Å². The van der Waals surface area contributed by atoms with Gasteiger partial charge in [0.05, 0.1) is 0 Å². The minimum atomic E-state index is -0.106. The van der Waals surface area contributed by atoms with Gasteiger partial charge in [-0.3, -0.25) is 0 Å². The molecule has 2 aromatic rings. The summed E-state index contributed by atoms with van der Waals surface area (Å²) < 4.78 is 0. The first kappa shape index (κ1) is 44.0. The average molecular weight is 842 g/mol. The first-order valence-electron chi connectivity index (χ1n) is 18.3. The fraction of sp³-hybridized carbons (Fsp3) is 0.537. The van der Waals surface area contributed by atoms with Gasteiger partial charge in [0, 0.05) is 11.4 Å². The number of rotatable bonds is 14. The molecule has 2 heterocycles. The van der Waals surface area contributed by atoms with E-state index in [9.17, 15) is 0 Å². The van der Waals surface area contributed by atoms with E-state index in [0.29, 0.717) is 40.0 Å². The molecular weight excluding hydrogens is 783 g/mol. The van der Waals surface area contributed by atoms with Gasteiger partial charge in [0.1, 0.15) is 10.3 Å². The van der Waals surface area contributed by atoms with Crippen LogP contribution in [0.2, 0.25) is 0 Å². The first-order valence-corrected chi connectivity index (χ1v) is 23.0. The zero-order valence-electron chi connectivity index (χ0n) is 31.1. The average Bonchev–Trinajstić information content (AvgIpc) is 3.41. The molecule has 2 aliphatic rings. The molecule has 0 N–H and O–H groups in total. The van der Waals surface area contributed by atoms with Crippen LogP contribution in [-0.4, -0.2) is 6.04 Å². The van der Waals surface area contributed by atoms with E-state index >= 15 is 0 Å². The summed E-state index contributed by atoms with van der Waals surface area (Å²) in [4.78, 5) is 4.40. The maximum atomic E-state index is 7.23. The molecule has 0 aliphatic carbocycles. The quantitative estimate of drug-likeness (QED) is 0.107. The Morgan fingerprint density at radius 1 is 0.612 bits per heavy atom. The molecule has 0 radical (unpaired) electrons. The number of nitrogens with zero attached hydrogens (tertiary/aromatic N) is 3. The molecule has 0 amide bonds. The molecule has 0 fully saturated rings. The van der Waals surface area contributed by atoms with Crippen molar-refractivity contribution in [1.29, 1.82) is 0 Å². The van der Waals surface area contributed by atoms with Gasteiger partial charge in [0.2, 0.25) is 0 Å². The van der Waals surface area contributed by atoms with Crippen molar-refractivity contribution in [2.24, 2.45) is 0 Å². The Bertz CT molecular complexity index is 1200. The normalized spacial score (nSPS) is 15.7. The molecule has 2 aliphatic heterocycles. The van der Waals surface area contributed by atoms with E-state index in [0.717, 1.165) is 51.4 Å². The summed E-state index contributed by atoms with van der Waals surface area (Å²) in [6.45, 7) is 22.6. The van der Waals surface area contributed by atoms with Crippen molar-refractivity contribution in [1.82, 2.24) is 0 Å². The van der Waals surface area contributed by atoms with Gasteiger partial charge >= 0.3 is 35.0 Å². The van der Waals surface area contributed by atoms with Crippen LogP contribution >= 0.6 is 42.3 Å². The fourth-order valence-electron chi connectivity index (χ4n) is 7.19. The molecule has 1 unspecified atom stereocenters. The second kappa shape index (κ2) is 23.4. The van der Waals surface area contributed by atoms with E-state index in [1.807, 2.05) is 18.4 Å². The predicted molar refractivity (Wildman–Crippen MR) is 217 cm³/mol. The van der Waals surface area contributed by atoms with Crippen molar-refractivity contribution in [2.75, 3.05) is 9.80 Å². The zero-order valence-corrected chi connectivity index (χ0v) is 35.6. The van der Waals surface area contributed by atoms with Gasteiger partial charge in [-0.05, 0) is 97.3 Å². The van der Waals surface area contributed by atoms with Gasteiger partial charge in [0.15, 0.2) is 0 Å². The molecular formula is C41H59Cl4N3Pd-2. The number of hydrogen-bond acceptors (Lipinski definition) is 2. The molecule has 4 rings (SSSR count). The minimum absolute atomic E-state index is 0.106. The summed E-state index contributed by atoms with van der Waals surface area (Å²) in [5.41, 5.74) is 7.96. The molecule has 0 spiro atoms. The summed E-state index contributed by atoms with van der Waals surface area (Å²) in [6.07, 6.45) is 16.6. The number of hydrogen-bond donors (Lipinski definition) is 0. The Balaban J connectivity index is 0.000000718. The Morgan fingerprint density at radius 2 is 0.918 bits per heavy atom. The standard InChI is InChI=1S/C35H51Cl2N2.C6H8N.2ClH.Pd/c1-9-24(10-2)28-19-17-20-29(25(11-3)12-4)32(28)38-23-39(35(37)34(38)36)33-30(26(13-5)14-6)21-18-22-31(33)27(15-7)16-8;1-6-4-2-3-5-7-6;;;/h17-27H,9-16H2,1-8H3;2-6H,1H3;2*1H;/q2*-1;;;+2/p-2. The molecule has 278 valence electrons. The fourth-order valence-corrected chi connectivity index (χ4v) is 7.62. The molecule has 0 saturated heterocycles. The van der Waals surface area contributed by atoms with Crippen molar-refractivity contribution in [2.45, 2.75) is 143 Å². The third-order valence-corrected chi connectivity index (χ3v) is 10.9. The molecule has 2 aromatic carbocycles. The molecule has 0 bridgehead atoms. The van der Waals surface area contributed by atoms with Crippen molar-refractivity contribution < 1.29 is 15.9 Å². The van der Waals surface area contributed by atoms with E-state index in [2.05, 4.69) is 127 Å². The summed E-state index contributed by atoms with van der Waals surface area (Å²) in [7, 11) is 9.63. The third kappa shape index (κ3) is 11.4.